The maximum absolute atomic E-state index is 2.43. The molecule has 2 aliphatic rings. The Balaban J connectivity index is 1.72. The van der Waals surface area contributed by atoms with Gasteiger partial charge in [0.15, 0.2) is 0 Å². The van der Waals surface area contributed by atoms with Crippen LogP contribution in [0.3, 0.4) is 0 Å². The van der Waals surface area contributed by atoms with Crippen LogP contribution in [0.25, 0.3) is 0 Å². The Morgan fingerprint density at radius 3 is 2.20 bits per heavy atom. The fourth-order valence-corrected chi connectivity index (χ4v) is 5.27. The Kier molecular flexibility index (Phi) is 5.24. The summed E-state index contributed by atoms with van der Waals surface area (Å²) in [5, 5.41) is 0. The standard InChI is InChI=1S/C20H38/c1-7-16(15(5)6)10-9-11-18-19-13-20(18,19)17(8-2)12-14(3)4/h14-19H,7-13H2,1-6H3. The minimum Gasteiger partial charge on any atom is -0.0651 e. The molecule has 118 valence electrons. The van der Waals surface area contributed by atoms with Gasteiger partial charge in [-0.3, -0.25) is 0 Å². The Hall–Kier alpha value is 0. The minimum atomic E-state index is 0.860. The van der Waals surface area contributed by atoms with Crippen LogP contribution in [0.1, 0.15) is 86.5 Å². The molecule has 0 aromatic rings. The van der Waals surface area contributed by atoms with Crippen molar-refractivity contribution in [2.24, 2.45) is 40.9 Å². The predicted molar refractivity (Wildman–Crippen MR) is 89.7 cm³/mol. The molecule has 0 radical (unpaired) electrons. The third-order valence-electron chi connectivity index (χ3n) is 6.74. The van der Waals surface area contributed by atoms with Gasteiger partial charge in [-0.05, 0) is 60.2 Å². The van der Waals surface area contributed by atoms with Gasteiger partial charge in [0, 0.05) is 0 Å². The minimum absolute atomic E-state index is 0.860. The first-order valence-electron chi connectivity index (χ1n) is 9.47. The van der Waals surface area contributed by atoms with Crippen LogP contribution in [-0.2, 0) is 0 Å². The zero-order valence-corrected chi connectivity index (χ0v) is 14.9. The van der Waals surface area contributed by atoms with E-state index in [1.165, 1.54) is 32.1 Å². The highest BCUT2D eigenvalue weighted by molar-refractivity contribution is 5.27. The lowest BCUT2D eigenvalue weighted by Gasteiger charge is -2.24. The first-order chi connectivity index (χ1) is 9.47. The van der Waals surface area contributed by atoms with Crippen LogP contribution in [0.2, 0.25) is 0 Å². The van der Waals surface area contributed by atoms with Crippen molar-refractivity contribution in [3.05, 3.63) is 0 Å². The second-order valence-electron chi connectivity index (χ2n) is 8.61. The summed E-state index contributed by atoms with van der Waals surface area (Å²) in [6.45, 7) is 14.4. The van der Waals surface area contributed by atoms with Crippen LogP contribution < -0.4 is 0 Å². The molecule has 0 aromatic heterocycles. The molecule has 2 fully saturated rings. The zero-order chi connectivity index (χ0) is 14.9. The molecular formula is C20H38. The molecule has 0 nitrogen and oxygen atoms in total. The molecule has 0 saturated heterocycles. The van der Waals surface area contributed by atoms with Crippen LogP contribution in [0.15, 0.2) is 0 Å². The van der Waals surface area contributed by atoms with E-state index in [0.717, 1.165) is 40.9 Å². The van der Waals surface area contributed by atoms with E-state index in [4.69, 9.17) is 0 Å². The van der Waals surface area contributed by atoms with Crippen LogP contribution in [0.5, 0.6) is 0 Å². The smallest absolute Gasteiger partial charge is 0.0204 e. The summed E-state index contributed by atoms with van der Waals surface area (Å²) in [6, 6.07) is 0. The lowest BCUT2D eigenvalue weighted by atomic mass is 9.81. The van der Waals surface area contributed by atoms with Crippen molar-refractivity contribution in [2.75, 3.05) is 0 Å². The summed E-state index contributed by atoms with van der Waals surface area (Å²) < 4.78 is 0. The normalized spacial score (nSPS) is 34.2. The summed E-state index contributed by atoms with van der Waals surface area (Å²) in [6.07, 6.45) is 10.4. The number of rotatable bonds is 10. The van der Waals surface area contributed by atoms with E-state index in [1.54, 1.807) is 12.8 Å². The molecule has 0 heterocycles. The largest absolute Gasteiger partial charge is 0.0651 e. The molecule has 0 heteroatoms. The highest BCUT2D eigenvalue weighted by Crippen LogP contribution is 2.85. The van der Waals surface area contributed by atoms with Crippen LogP contribution >= 0.6 is 0 Å². The van der Waals surface area contributed by atoms with Crippen molar-refractivity contribution in [3.8, 4) is 0 Å². The molecule has 0 bridgehead atoms. The third kappa shape index (κ3) is 3.09. The maximum atomic E-state index is 2.43. The maximum Gasteiger partial charge on any atom is -0.0204 e. The van der Waals surface area contributed by atoms with Crippen molar-refractivity contribution in [2.45, 2.75) is 86.5 Å². The van der Waals surface area contributed by atoms with Gasteiger partial charge in [0.1, 0.15) is 0 Å². The predicted octanol–water partition coefficient (Wildman–Crippen LogP) is 6.55. The molecule has 5 atom stereocenters. The number of hydrogen-bond acceptors (Lipinski definition) is 0. The summed E-state index contributed by atoms with van der Waals surface area (Å²) in [4.78, 5) is 0. The number of hydrogen-bond donors (Lipinski definition) is 0. The molecular weight excluding hydrogens is 240 g/mol. The van der Waals surface area contributed by atoms with Gasteiger partial charge in [-0.15, -0.1) is 0 Å². The number of fused-ring (bicyclic) bond motifs is 1. The van der Waals surface area contributed by atoms with Crippen molar-refractivity contribution >= 4 is 0 Å². The van der Waals surface area contributed by atoms with Gasteiger partial charge in [0.25, 0.3) is 0 Å². The van der Waals surface area contributed by atoms with Gasteiger partial charge in [-0.1, -0.05) is 67.2 Å². The Bertz CT molecular complexity index is 303. The van der Waals surface area contributed by atoms with Gasteiger partial charge in [-0.2, -0.15) is 0 Å². The Morgan fingerprint density at radius 2 is 1.75 bits per heavy atom. The van der Waals surface area contributed by atoms with Crippen LogP contribution in [0.4, 0.5) is 0 Å². The first kappa shape index (κ1) is 16.4. The molecule has 20 heavy (non-hydrogen) atoms. The molecule has 0 N–H and O–H groups in total. The van der Waals surface area contributed by atoms with E-state index in [-0.39, 0.29) is 0 Å². The fraction of sp³-hybridized carbons (Fsp3) is 1.00. The van der Waals surface area contributed by atoms with Gasteiger partial charge < -0.3 is 0 Å². The third-order valence-corrected chi connectivity index (χ3v) is 6.74. The lowest BCUT2D eigenvalue weighted by Crippen LogP contribution is -2.15. The molecule has 2 aliphatic carbocycles. The highest BCUT2D eigenvalue weighted by atomic mass is 14.8. The van der Waals surface area contributed by atoms with Crippen molar-refractivity contribution < 1.29 is 0 Å². The van der Waals surface area contributed by atoms with Gasteiger partial charge in [0.2, 0.25) is 0 Å². The van der Waals surface area contributed by atoms with Crippen molar-refractivity contribution in [1.29, 1.82) is 0 Å². The van der Waals surface area contributed by atoms with Crippen LogP contribution in [0, 0.1) is 40.9 Å². The molecule has 0 spiro atoms. The molecule has 2 saturated carbocycles. The fourth-order valence-electron chi connectivity index (χ4n) is 5.27. The molecule has 5 unspecified atom stereocenters. The van der Waals surface area contributed by atoms with E-state index in [2.05, 4.69) is 41.5 Å². The molecule has 2 rings (SSSR count). The van der Waals surface area contributed by atoms with Gasteiger partial charge in [0.05, 0.1) is 0 Å². The van der Waals surface area contributed by atoms with E-state index >= 15 is 0 Å². The second kappa shape index (κ2) is 6.41. The SMILES string of the molecule is CCC(CCCC1C2CC12C(CC)CC(C)C)C(C)C. The van der Waals surface area contributed by atoms with E-state index in [1.807, 2.05) is 0 Å². The quantitative estimate of drug-likeness (QED) is 0.425. The van der Waals surface area contributed by atoms with Crippen LogP contribution in [-0.4, -0.2) is 0 Å². The van der Waals surface area contributed by atoms with Gasteiger partial charge >= 0.3 is 0 Å². The molecule has 0 aromatic carbocycles. The van der Waals surface area contributed by atoms with E-state index < -0.39 is 0 Å². The molecule has 0 amide bonds. The van der Waals surface area contributed by atoms with Crippen molar-refractivity contribution in [3.63, 3.8) is 0 Å². The Morgan fingerprint density at radius 1 is 1.05 bits per heavy atom. The monoisotopic (exact) mass is 278 g/mol. The van der Waals surface area contributed by atoms with E-state index in [0.29, 0.717) is 0 Å². The summed E-state index contributed by atoms with van der Waals surface area (Å²) in [5.74, 6) is 6.08. The Labute approximate surface area is 128 Å². The first-order valence-corrected chi connectivity index (χ1v) is 9.47. The lowest BCUT2D eigenvalue weighted by molar-refractivity contribution is 0.256. The van der Waals surface area contributed by atoms with E-state index in [9.17, 15) is 0 Å². The van der Waals surface area contributed by atoms with Crippen molar-refractivity contribution in [1.82, 2.24) is 0 Å². The summed E-state index contributed by atoms with van der Waals surface area (Å²) in [7, 11) is 0. The van der Waals surface area contributed by atoms with Gasteiger partial charge in [-0.25, -0.2) is 0 Å². The second-order valence-corrected chi connectivity index (χ2v) is 8.61. The average Bonchev–Trinajstić information content (AvgIpc) is 3.24. The molecule has 0 aliphatic heterocycles. The summed E-state index contributed by atoms with van der Waals surface area (Å²) in [5.41, 5.74) is 0.860. The zero-order valence-electron chi connectivity index (χ0n) is 14.9. The topological polar surface area (TPSA) is 0 Å². The highest BCUT2D eigenvalue weighted by Gasteiger charge is 2.79. The average molecular weight is 279 g/mol. The summed E-state index contributed by atoms with van der Waals surface area (Å²) >= 11 is 0.